The first-order valence-corrected chi connectivity index (χ1v) is 7.32. The SMILES string of the molecule is Cn1ccc(CC2(O)CCc3cc(Br)ccc3C2)n1. The number of hydrogen-bond acceptors (Lipinski definition) is 2. The summed E-state index contributed by atoms with van der Waals surface area (Å²) in [6.07, 6.45) is 4.99. The molecule has 0 radical (unpaired) electrons. The largest absolute Gasteiger partial charge is 0.389 e. The molecule has 1 heterocycles. The second-order valence-corrected chi connectivity index (χ2v) is 6.39. The van der Waals surface area contributed by atoms with Gasteiger partial charge < -0.3 is 5.11 Å². The molecule has 0 amide bonds. The van der Waals surface area contributed by atoms with E-state index < -0.39 is 5.60 Å². The first-order chi connectivity index (χ1) is 9.04. The van der Waals surface area contributed by atoms with E-state index in [0.29, 0.717) is 12.8 Å². The Labute approximate surface area is 121 Å². The summed E-state index contributed by atoms with van der Waals surface area (Å²) in [7, 11) is 1.90. The highest BCUT2D eigenvalue weighted by Gasteiger charge is 2.32. The molecule has 19 heavy (non-hydrogen) atoms. The van der Waals surface area contributed by atoms with Gasteiger partial charge >= 0.3 is 0 Å². The molecular formula is C15H17BrN2O. The van der Waals surface area contributed by atoms with Crippen LogP contribution in [-0.2, 0) is 26.3 Å². The van der Waals surface area contributed by atoms with Crippen molar-refractivity contribution in [2.45, 2.75) is 31.3 Å². The molecule has 1 unspecified atom stereocenters. The summed E-state index contributed by atoms with van der Waals surface area (Å²) in [5.74, 6) is 0. The molecule has 2 aromatic rings. The minimum atomic E-state index is -0.658. The summed E-state index contributed by atoms with van der Waals surface area (Å²) in [5.41, 5.74) is 2.91. The van der Waals surface area contributed by atoms with E-state index in [4.69, 9.17) is 0 Å². The maximum absolute atomic E-state index is 10.8. The molecule has 3 nitrogen and oxygen atoms in total. The zero-order valence-corrected chi connectivity index (χ0v) is 12.5. The van der Waals surface area contributed by atoms with Crippen LogP contribution < -0.4 is 0 Å². The summed E-state index contributed by atoms with van der Waals surface area (Å²) in [4.78, 5) is 0. The van der Waals surface area contributed by atoms with Gasteiger partial charge in [0, 0.05) is 30.6 Å². The molecule has 1 aliphatic rings. The second kappa shape index (κ2) is 4.76. The number of aliphatic hydroxyl groups is 1. The third kappa shape index (κ3) is 2.74. The fourth-order valence-corrected chi connectivity index (χ4v) is 3.26. The highest BCUT2D eigenvalue weighted by atomic mass is 79.9. The van der Waals surface area contributed by atoms with E-state index in [9.17, 15) is 5.11 Å². The number of aryl methyl sites for hydroxylation is 2. The van der Waals surface area contributed by atoms with Gasteiger partial charge in [0.15, 0.2) is 0 Å². The van der Waals surface area contributed by atoms with Gasteiger partial charge in [-0.2, -0.15) is 5.10 Å². The Kier molecular flexibility index (Phi) is 3.23. The lowest BCUT2D eigenvalue weighted by Crippen LogP contribution is -2.38. The number of rotatable bonds is 2. The van der Waals surface area contributed by atoms with Crippen LogP contribution in [0.25, 0.3) is 0 Å². The first kappa shape index (κ1) is 12.9. The molecule has 0 bridgehead atoms. The normalized spacial score (nSPS) is 22.3. The Morgan fingerprint density at radius 1 is 1.37 bits per heavy atom. The molecular weight excluding hydrogens is 304 g/mol. The van der Waals surface area contributed by atoms with Gasteiger partial charge in [-0.15, -0.1) is 0 Å². The minimum Gasteiger partial charge on any atom is -0.389 e. The van der Waals surface area contributed by atoms with Gasteiger partial charge in [-0.25, -0.2) is 0 Å². The average Bonchev–Trinajstić information content (AvgIpc) is 2.75. The van der Waals surface area contributed by atoms with E-state index >= 15 is 0 Å². The predicted octanol–water partition coefficient (Wildman–Crippen LogP) is 2.65. The van der Waals surface area contributed by atoms with Gasteiger partial charge in [0.25, 0.3) is 0 Å². The lowest BCUT2D eigenvalue weighted by atomic mass is 9.78. The van der Waals surface area contributed by atoms with E-state index in [2.05, 4.69) is 33.2 Å². The van der Waals surface area contributed by atoms with E-state index in [-0.39, 0.29) is 0 Å². The molecule has 100 valence electrons. The molecule has 0 fully saturated rings. The molecule has 0 aliphatic heterocycles. The lowest BCUT2D eigenvalue weighted by Gasteiger charge is -2.33. The zero-order chi connectivity index (χ0) is 13.5. The number of aromatic nitrogens is 2. The van der Waals surface area contributed by atoms with Crippen molar-refractivity contribution in [1.29, 1.82) is 0 Å². The Bertz CT molecular complexity index is 608. The Morgan fingerprint density at radius 2 is 2.21 bits per heavy atom. The molecule has 1 aliphatic carbocycles. The number of nitrogens with zero attached hydrogens (tertiary/aromatic N) is 2. The Morgan fingerprint density at radius 3 is 2.95 bits per heavy atom. The molecule has 1 N–H and O–H groups in total. The molecule has 1 aromatic carbocycles. The highest BCUT2D eigenvalue weighted by Crippen LogP contribution is 2.32. The molecule has 0 saturated carbocycles. The van der Waals surface area contributed by atoms with Crippen LogP contribution in [0.4, 0.5) is 0 Å². The summed E-state index contributed by atoms with van der Waals surface area (Å²) in [5, 5.41) is 15.2. The van der Waals surface area contributed by atoms with Crippen LogP contribution in [0, 0.1) is 0 Å². The minimum absolute atomic E-state index is 0.628. The summed E-state index contributed by atoms with van der Waals surface area (Å²) < 4.78 is 2.90. The van der Waals surface area contributed by atoms with Crippen LogP contribution in [-0.4, -0.2) is 20.5 Å². The molecule has 1 atom stereocenters. The smallest absolute Gasteiger partial charge is 0.0747 e. The van der Waals surface area contributed by atoms with Crippen molar-refractivity contribution < 1.29 is 5.11 Å². The molecule has 0 spiro atoms. The van der Waals surface area contributed by atoms with Crippen molar-refractivity contribution in [2.75, 3.05) is 0 Å². The van der Waals surface area contributed by atoms with Crippen molar-refractivity contribution in [3.8, 4) is 0 Å². The van der Waals surface area contributed by atoms with E-state index in [1.807, 2.05) is 25.4 Å². The molecule has 3 rings (SSSR count). The fraction of sp³-hybridized carbons (Fsp3) is 0.400. The zero-order valence-electron chi connectivity index (χ0n) is 10.9. The second-order valence-electron chi connectivity index (χ2n) is 5.47. The Hall–Kier alpha value is -1.13. The van der Waals surface area contributed by atoms with Crippen LogP contribution in [0.5, 0.6) is 0 Å². The average molecular weight is 321 g/mol. The van der Waals surface area contributed by atoms with Gasteiger partial charge in [-0.05, 0) is 42.2 Å². The number of fused-ring (bicyclic) bond motifs is 1. The maximum atomic E-state index is 10.8. The van der Waals surface area contributed by atoms with E-state index in [1.54, 1.807) is 4.68 Å². The number of benzene rings is 1. The summed E-state index contributed by atoms with van der Waals surface area (Å²) in [6.45, 7) is 0. The highest BCUT2D eigenvalue weighted by molar-refractivity contribution is 9.10. The van der Waals surface area contributed by atoms with Gasteiger partial charge in [-0.3, -0.25) is 4.68 Å². The van der Waals surface area contributed by atoms with Crippen molar-refractivity contribution in [1.82, 2.24) is 9.78 Å². The maximum Gasteiger partial charge on any atom is 0.0747 e. The van der Waals surface area contributed by atoms with Crippen molar-refractivity contribution >= 4 is 15.9 Å². The van der Waals surface area contributed by atoms with Gasteiger partial charge in [0.2, 0.25) is 0 Å². The van der Waals surface area contributed by atoms with Gasteiger partial charge in [0.05, 0.1) is 11.3 Å². The van der Waals surface area contributed by atoms with Crippen LogP contribution in [0.3, 0.4) is 0 Å². The number of hydrogen-bond donors (Lipinski definition) is 1. The van der Waals surface area contributed by atoms with Crippen molar-refractivity contribution in [3.63, 3.8) is 0 Å². The van der Waals surface area contributed by atoms with Crippen LogP contribution >= 0.6 is 15.9 Å². The molecule has 1 aromatic heterocycles. The Balaban J connectivity index is 1.81. The molecule has 0 saturated heterocycles. The number of halogens is 1. The van der Waals surface area contributed by atoms with Crippen LogP contribution in [0.15, 0.2) is 34.9 Å². The predicted molar refractivity (Wildman–Crippen MR) is 78.0 cm³/mol. The van der Waals surface area contributed by atoms with Crippen molar-refractivity contribution in [3.05, 3.63) is 51.8 Å². The van der Waals surface area contributed by atoms with Gasteiger partial charge in [0.1, 0.15) is 0 Å². The van der Waals surface area contributed by atoms with Crippen molar-refractivity contribution in [2.24, 2.45) is 7.05 Å². The third-order valence-electron chi connectivity index (χ3n) is 3.83. The third-order valence-corrected chi connectivity index (χ3v) is 4.32. The van der Waals surface area contributed by atoms with E-state index in [1.165, 1.54) is 11.1 Å². The molecule has 4 heteroatoms. The van der Waals surface area contributed by atoms with Gasteiger partial charge in [-0.1, -0.05) is 22.0 Å². The van der Waals surface area contributed by atoms with E-state index in [0.717, 1.165) is 23.0 Å². The lowest BCUT2D eigenvalue weighted by molar-refractivity contribution is 0.0257. The standard InChI is InChI=1S/C15H17BrN2O/c1-18-7-5-14(17-18)10-15(19)6-4-11-8-13(16)3-2-12(11)9-15/h2-3,5,7-8,19H,4,6,9-10H2,1H3. The summed E-state index contributed by atoms with van der Waals surface area (Å²) in [6, 6.07) is 8.30. The van der Waals surface area contributed by atoms with Crippen LogP contribution in [0.1, 0.15) is 23.2 Å². The topological polar surface area (TPSA) is 38.0 Å². The first-order valence-electron chi connectivity index (χ1n) is 6.52. The monoisotopic (exact) mass is 320 g/mol. The summed E-state index contributed by atoms with van der Waals surface area (Å²) >= 11 is 3.50. The quantitative estimate of drug-likeness (QED) is 0.923. The van der Waals surface area contributed by atoms with Crippen LogP contribution in [0.2, 0.25) is 0 Å². The fourth-order valence-electron chi connectivity index (χ4n) is 2.86.